The lowest BCUT2D eigenvalue weighted by Gasteiger charge is -2.45. The number of benzene rings is 1. The van der Waals surface area contributed by atoms with Crippen LogP contribution in [0.25, 0.3) is 0 Å². The molecule has 4 rings (SSSR count). The second-order valence-electron chi connectivity index (χ2n) is 6.99. The summed E-state index contributed by atoms with van der Waals surface area (Å²) in [6.45, 7) is 3.05. The molecule has 132 valence electrons. The van der Waals surface area contributed by atoms with Gasteiger partial charge >= 0.3 is 0 Å². The monoisotopic (exact) mass is 336 g/mol. The molecule has 0 aliphatic carbocycles. The van der Waals surface area contributed by atoms with E-state index in [-0.39, 0.29) is 30.3 Å². The average molecular weight is 336 g/mol. The molecule has 3 aliphatic rings. The van der Waals surface area contributed by atoms with Crippen LogP contribution in [-0.2, 0) is 16.0 Å². The highest BCUT2D eigenvalue weighted by Gasteiger charge is 2.51. The minimum atomic E-state index is -0.533. The van der Waals surface area contributed by atoms with Crippen LogP contribution in [-0.4, -0.2) is 60.3 Å². The Morgan fingerprint density at radius 2 is 1.92 bits per heavy atom. The molecule has 0 amide bonds. The van der Waals surface area contributed by atoms with Gasteiger partial charge in [0.15, 0.2) is 6.29 Å². The van der Waals surface area contributed by atoms with Gasteiger partial charge in [0.1, 0.15) is 11.9 Å². The van der Waals surface area contributed by atoms with Crippen LogP contribution in [0.15, 0.2) is 24.3 Å². The van der Waals surface area contributed by atoms with Gasteiger partial charge in [0.25, 0.3) is 0 Å². The molecule has 3 fully saturated rings. The van der Waals surface area contributed by atoms with Crippen LogP contribution in [0.1, 0.15) is 24.8 Å². The molecule has 24 heavy (non-hydrogen) atoms. The molecule has 6 heteroatoms. The Morgan fingerprint density at radius 3 is 2.67 bits per heavy atom. The van der Waals surface area contributed by atoms with Gasteiger partial charge in [0.05, 0.1) is 24.8 Å². The topological polar surface area (TPSA) is 54.0 Å². The van der Waals surface area contributed by atoms with E-state index in [0.717, 1.165) is 31.5 Å². The lowest BCUT2D eigenvalue weighted by atomic mass is 9.93. The number of hydrogen-bond acceptors (Lipinski definition) is 5. The third-order valence-electron chi connectivity index (χ3n) is 5.40. The zero-order valence-electron chi connectivity index (χ0n) is 13.7. The summed E-state index contributed by atoms with van der Waals surface area (Å²) in [5, 5.41) is 14.4. The highest BCUT2D eigenvalue weighted by molar-refractivity contribution is 5.16. The van der Waals surface area contributed by atoms with Gasteiger partial charge in [-0.2, -0.15) is 0 Å². The summed E-state index contributed by atoms with van der Waals surface area (Å²) in [6.07, 6.45) is 2.58. The van der Waals surface area contributed by atoms with Crippen molar-refractivity contribution in [3.05, 3.63) is 35.6 Å². The van der Waals surface area contributed by atoms with Crippen molar-refractivity contribution in [2.75, 3.05) is 19.7 Å². The van der Waals surface area contributed by atoms with Crippen molar-refractivity contribution in [1.82, 2.24) is 10.2 Å². The van der Waals surface area contributed by atoms with Crippen molar-refractivity contribution in [1.29, 1.82) is 0 Å². The van der Waals surface area contributed by atoms with Gasteiger partial charge in [-0.05, 0) is 43.6 Å². The van der Waals surface area contributed by atoms with Crippen LogP contribution in [0.2, 0.25) is 0 Å². The molecule has 0 saturated carbocycles. The largest absolute Gasteiger partial charge is 0.390 e. The average Bonchev–Trinajstić information content (AvgIpc) is 3.02. The molecule has 0 radical (unpaired) electrons. The number of rotatable bonds is 4. The highest BCUT2D eigenvalue weighted by atomic mass is 19.1. The molecule has 3 saturated heterocycles. The minimum absolute atomic E-state index is 0.116. The zero-order chi connectivity index (χ0) is 16.5. The molecule has 3 heterocycles. The number of nitrogens with one attached hydrogen (secondary N) is 1. The van der Waals surface area contributed by atoms with Crippen LogP contribution < -0.4 is 5.32 Å². The molecular weight excluding hydrogens is 311 g/mol. The Bertz CT molecular complexity index is 550. The van der Waals surface area contributed by atoms with Crippen LogP contribution in [0.3, 0.4) is 0 Å². The van der Waals surface area contributed by atoms with E-state index in [1.807, 2.05) is 0 Å². The van der Waals surface area contributed by atoms with E-state index < -0.39 is 6.10 Å². The Labute approximate surface area is 141 Å². The second-order valence-corrected chi connectivity index (χ2v) is 6.99. The van der Waals surface area contributed by atoms with E-state index in [9.17, 15) is 9.50 Å². The number of aliphatic hydroxyl groups excluding tert-OH is 1. The third-order valence-corrected chi connectivity index (χ3v) is 5.40. The standard InChI is InChI=1S/C18H25FN2O3/c19-13-6-4-12(5-7-13)10-20-15-14-11-23-18(24-14)16(17(15)22)21-8-2-1-3-9-21/h4-7,14-18,20,22H,1-3,8-11H2/t14-,15-,16+,17-,18+/m0/s1. The summed E-state index contributed by atoms with van der Waals surface area (Å²) in [5.74, 6) is -0.239. The number of aliphatic hydroxyl groups is 1. The van der Waals surface area contributed by atoms with E-state index in [4.69, 9.17) is 9.47 Å². The molecule has 0 aromatic heterocycles. The van der Waals surface area contributed by atoms with Crippen molar-refractivity contribution in [2.45, 2.75) is 56.4 Å². The predicted molar refractivity (Wildman–Crippen MR) is 86.9 cm³/mol. The van der Waals surface area contributed by atoms with E-state index in [1.54, 1.807) is 12.1 Å². The Morgan fingerprint density at radius 1 is 1.17 bits per heavy atom. The minimum Gasteiger partial charge on any atom is -0.390 e. The Hall–Kier alpha value is -1.05. The van der Waals surface area contributed by atoms with Crippen LogP contribution in [0.4, 0.5) is 4.39 Å². The molecular formula is C18H25FN2O3. The smallest absolute Gasteiger partial charge is 0.176 e. The third kappa shape index (κ3) is 3.21. The first kappa shape index (κ1) is 16.4. The van der Waals surface area contributed by atoms with E-state index in [2.05, 4.69) is 10.2 Å². The normalized spacial score (nSPS) is 36.8. The SMILES string of the molecule is O[C@H]1[C@@H](NCc2ccc(F)cc2)[C@@H]2CO[C@H](O2)[C@@H]1N1CCCCC1. The summed E-state index contributed by atoms with van der Waals surface area (Å²) < 4.78 is 24.8. The molecule has 2 N–H and O–H groups in total. The van der Waals surface area contributed by atoms with E-state index >= 15 is 0 Å². The van der Waals surface area contributed by atoms with Gasteiger partial charge in [-0.25, -0.2) is 4.39 Å². The molecule has 1 aromatic rings. The Balaban J connectivity index is 1.44. The molecule has 0 spiro atoms. The summed E-state index contributed by atoms with van der Waals surface area (Å²) in [7, 11) is 0. The van der Waals surface area contributed by atoms with Gasteiger partial charge in [-0.1, -0.05) is 18.6 Å². The fourth-order valence-electron chi connectivity index (χ4n) is 4.10. The van der Waals surface area contributed by atoms with Crippen molar-refractivity contribution >= 4 is 0 Å². The summed E-state index contributed by atoms with van der Waals surface area (Å²) in [6, 6.07) is 6.13. The predicted octanol–water partition coefficient (Wildman–Crippen LogP) is 1.25. The molecule has 5 atom stereocenters. The van der Waals surface area contributed by atoms with Crippen molar-refractivity contribution < 1.29 is 19.0 Å². The first-order valence-electron chi connectivity index (χ1n) is 8.89. The first-order chi connectivity index (χ1) is 11.7. The summed E-state index contributed by atoms with van der Waals surface area (Å²) in [5.41, 5.74) is 0.985. The van der Waals surface area contributed by atoms with Crippen molar-refractivity contribution in [3.8, 4) is 0 Å². The lowest BCUT2D eigenvalue weighted by molar-refractivity contribution is -0.184. The maximum atomic E-state index is 13.0. The summed E-state index contributed by atoms with van der Waals surface area (Å²) >= 11 is 0. The molecule has 2 bridgehead atoms. The highest BCUT2D eigenvalue weighted by Crippen LogP contribution is 2.32. The number of likely N-dealkylation sites (tertiary alicyclic amines) is 1. The number of fused-ring (bicyclic) bond motifs is 2. The number of hydrogen-bond donors (Lipinski definition) is 2. The molecule has 5 nitrogen and oxygen atoms in total. The van der Waals surface area contributed by atoms with Crippen molar-refractivity contribution in [3.63, 3.8) is 0 Å². The number of halogens is 1. The van der Waals surface area contributed by atoms with Gasteiger partial charge in [-0.15, -0.1) is 0 Å². The van der Waals surface area contributed by atoms with Gasteiger partial charge in [0.2, 0.25) is 0 Å². The van der Waals surface area contributed by atoms with Crippen LogP contribution >= 0.6 is 0 Å². The van der Waals surface area contributed by atoms with Gasteiger partial charge in [-0.3, -0.25) is 4.90 Å². The number of piperidine rings is 1. The fourth-order valence-corrected chi connectivity index (χ4v) is 4.10. The first-order valence-corrected chi connectivity index (χ1v) is 8.89. The quantitative estimate of drug-likeness (QED) is 0.867. The fraction of sp³-hybridized carbons (Fsp3) is 0.667. The maximum absolute atomic E-state index is 13.0. The lowest BCUT2D eigenvalue weighted by Crippen LogP contribution is -2.64. The van der Waals surface area contributed by atoms with Gasteiger partial charge < -0.3 is 19.9 Å². The molecule has 3 aliphatic heterocycles. The Kier molecular flexibility index (Phi) is 4.83. The van der Waals surface area contributed by atoms with E-state index in [0.29, 0.717) is 13.2 Å². The van der Waals surface area contributed by atoms with Gasteiger partial charge in [0, 0.05) is 6.54 Å². The summed E-state index contributed by atoms with van der Waals surface area (Å²) in [4.78, 5) is 2.31. The second kappa shape index (κ2) is 7.06. The van der Waals surface area contributed by atoms with Crippen molar-refractivity contribution in [2.24, 2.45) is 0 Å². The maximum Gasteiger partial charge on any atom is 0.176 e. The number of nitrogens with zero attached hydrogens (tertiary/aromatic N) is 1. The van der Waals surface area contributed by atoms with Crippen LogP contribution in [0.5, 0.6) is 0 Å². The zero-order valence-corrected chi connectivity index (χ0v) is 13.7. The molecule has 1 aromatic carbocycles. The number of ether oxygens (including phenoxy) is 2. The van der Waals surface area contributed by atoms with E-state index in [1.165, 1.54) is 18.6 Å². The molecule has 0 unspecified atom stereocenters. The van der Waals surface area contributed by atoms with Crippen LogP contribution in [0, 0.1) is 5.82 Å².